The molecule has 2 heteroatoms. The van der Waals surface area contributed by atoms with Crippen molar-refractivity contribution < 1.29 is 5.11 Å². The molecule has 0 amide bonds. The van der Waals surface area contributed by atoms with Gasteiger partial charge in [-0.2, -0.15) is 0 Å². The second-order valence-electron chi connectivity index (χ2n) is 6.05. The largest absolute Gasteiger partial charge is 0.393 e. The van der Waals surface area contributed by atoms with E-state index in [1.54, 1.807) is 0 Å². The molecule has 0 spiro atoms. The highest BCUT2D eigenvalue weighted by molar-refractivity contribution is 5.29. The highest BCUT2D eigenvalue weighted by Gasteiger charge is 2.18. The van der Waals surface area contributed by atoms with E-state index in [1.165, 1.54) is 29.5 Å². The molecule has 0 radical (unpaired) electrons. The summed E-state index contributed by atoms with van der Waals surface area (Å²) in [7, 11) is 0. The van der Waals surface area contributed by atoms with Crippen molar-refractivity contribution in [3.05, 3.63) is 34.9 Å². The lowest BCUT2D eigenvalue weighted by molar-refractivity contribution is 0.108. The SMILES string of the molecule is Cc1ccc(CCNCC2CCC(O)CC2)cc1C. The summed E-state index contributed by atoms with van der Waals surface area (Å²) in [6, 6.07) is 6.75. The van der Waals surface area contributed by atoms with Crippen molar-refractivity contribution in [2.75, 3.05) is 13.1 Å². The monoisotopic (exact) mass is 261 g/mol. The van der Waals surface area contributed by atoms with Crippen LogP contribution in [0.1, 0.15) is 42.4 Å². The summed E-state index contributed by atoms with van der Waals surface area (Å²) in [6.45, 7) is 6.51. The first-order chi connectivity index (χ1) is 9.15. The molecule has 0 bridgehead atoms. The summed E-state index contributed by atoms with van der Waals surface area (Å²) < 4.78 is 0. The smallest absolute Gasteiger partial charge is 0.0540 e. The van der Waals surface area contributed by atoms with E-state index in [0.29, 0.717) is 0 Å². The zero-order chi connectivity index (χ0) is 13.7. The standard InChI is InChI=1S/C17H27NO/c1-13-3-4-15(11-14(13)2)9-10-18-12-16-5-7-17(19)8-6-16/h3-4,11,16-19H,5-10,12H2,1-2H3. The van der Waals surface area contributed by atoms with Crippen molar-refractivity contribution in [3.8, 4) is 0 Å². The van der Waals surface area contributed by atoms with E-state index in [0.717, 1.165) is 38.3 Å². The Balaban J connectivity index is 1.65. The van der Waals surface area contributed by atoms with E-state index < -0.39 is 0 Å². The van der Waals surface area contributed by atoms with Crippen LogP contribution in [-0.4, -0.2) is 24.3 Å². The molecular weight excluding hydrogens is 234 g/mol. The lowest BCUT2D eigenvalue weighted by atomic mass is 9.87. The molecule has 1 aromatic rings. The first-order valence-corrected chi connectivity index (χ1v) is 7.60. The Labute approximate surface area is 117 Å². The molecule has 2 nitrogen and oxygen atoms in total. The van der Waals surface area contributed by atoms with Crippen LogP contribution in [0.4, 0.5) is 0 Å². The Morgan fingerprint density at radius 1 is 1.11 bits per heavy atom. The first kappa shape index (κ1) is 14.5. The quantitative estimate of drug-likeness (QED) is 0.799. The topological polar surface area (TPSA) is 32.3 Å². The Bertz CT molecular complexity index is 394. The summed E-state index contributed by atoms with van der Waals surface area (Å²) in [6.07, 6.45) is 5.41. The van der Waals surface area contributed by atoms with Crippen LogP contribution in [-0.2, 0) is 6.42 Å². The number of aliphatic hydroxyl groups excluding tert-OH is 1. The van der Waals surface area contributed by atoms with Gasteiger partial charge in [0.25, 0.3) is 0 Å². The number of hydrogen-bond acceptors (Lipinski definition) is 2. The summed E-state index contributed by atoms with van der Waals surface area (Å²) in [5, 5.41) is 13.0. The Hall–Kier alpha value is -0.860. The summed E-state index contributed by atoms with van der Waals surface area (Å²) in [5.41, 5.74) is 4.19. The van der Waals surface area contributed by atoms with Crippen LogP contribution in [0.5, 0.6) is 0 Å². The fourth-order valence-corrected chi connectivity index (χ4v) is 2.85. The van der Waals surface area contributed by atoms with Crippen LogP contribution in [0.25, 0.3) is 0 Å². The third kappa shape index (κ3) is 4.63. The van der Waals surface area contributed by atoms with E-state index >= 15 is 0 Å². The molecule has 1 saturated carbocycles. The van der Waals surface area contributed by atoms with Crippen LogP contribution in [0.15, 0.2) is 18.2 Å². The van der Waals surface area contributed by atoms with Gasteiger partial charge in [0.15, 0.2) is 0 Å². The van der Waals surface area contributed by atoms with Crippen LogP contribution >= 0.6 is 0 Å². The van der Waals surface area contributed by atoms with Gasteiger partial charge in [-0.05, 0) is 81.6 Å². The van der Waals surface area contributed by atoms with E-state index in [2.05, 4.69) is 37.4 Å². The molecule has 1 fully saturated rings. The maximum Gasteiger partial charge on any atom is 0.0540 e. The predicted molar refractivity (Wildman–Crippen MR) is 80.5 cm³/mol. The minimum Gasteiger partial charge on any atom is -0.393 e. The lowest BCUT2D eigenvalue weighted by Gasteiger charge is -2.25. The van der Waals surface area contributed by atoms with Crippen LogP contribution in [0, 0.1) is 19.8 Å². The highest BCUT2D eigenvalue weighted by Crippen LogP contribution is 2.23. The van der Waals surface area contributed by atoms with Crippen molar-refractivity contribution in [1.82, 2.24) is 5.32 Å². The van der Waals surface area contributed by atoms with E-state index in [1.807, 2.05) is 0 Å². The average molecular weight is 261 g/mol. The fourth-order valence-electron chi connectivity index (χ4n) is 2.85. The molecule has 1 aliphatic carbocycles. The third-order valence-corrected chi connectivity index (χ3v) is 4.41. The number of nitrogens with one attached hydrogen (secondary N) is 1. The van der Waals surface area contributed by atoms with Gasteiger partial charge >= 0.3 is 0 Å². The Kier molecular flexibility index (Phi) is 5.41. The number of aryl methyl sites for hydroxylation is 2. The third-order valence-electron chi connectivity index (χ3n) is 4.41. The van der Waals surface area contributed by atoms with Gasteiger partial charge in [-0.3, -0.25) is 0 Å². The molecule has 0 aromatic heterocycles. The van der Waals surface area contributed by atoms with Crippen molar-refractivity contribution in [3.63, 3.8) is 0 Å². The van der Waals surface area contributed by atoms with E-state index in [-0.39, 0.29) is 6.10 Å². The molecule has 0 saturated heterocycles. The van der Waals surface area contributed by atoms with Crippen LogP contribution in [0.2, 0.25) is 0 Å². The Morgan fingerprint density at radius 3 is 2.53 bits per heavy atom. The fraction of sp³-hybridized carbons (Fsp3) is 0.647. The van der Waals surface area contributed by atoms with Gasteiger partial charge in [0.1, 0.15) is 0 Å². The molecule has 0 heterocycles. The van der Waals surface area contributed by atoms with Gasteiger partial charge in [-0.15, -0.1) is 0 Å². The zero-order valence-corrected chi connectivity index (χ0v) is 12.3. The van der Waals surface area contributed by atoms with Gasteiger partial charge in [0.2, 0.25) is 0 Å². The molecule has 106 valence electrons. The van der Waals surface area contributed by atoms with E-state index in [9.17, 15) is 5.11 Å². The number of aliphatic hydroxyl groups is 1. The highest BCUT2D eigenvalue weighted by atomic mass is 16.3. The molecular formula is C17H27NO. The number of hydrogen-bond donors (Lipinski definition) is 2. The van der Waals surface area contributed by atoms with Gasteiger partial charge in [0, 0.05) is 0 Å². The first-order valence-electron chi connectivity index (χ1n) is 7.60. The van der Waals surface area contributed by atoms with Gasteiger partial charge < -0.3 is 10.4 Å². The van der Waals surface area contributed by atoms with Crippen molar-refractivity contribution in [2.45, 2.75) is 52.1 Å². The minimum absolute atomic E-state index is 0.0354. The molecule has 2 N–H and O–H groups in total. The number of rotatable bonds is 5. The molecule has 0 aliphatic heterocycles. The molecule has 1 aromatic carbocycles. The maximum absolute atomic E-state index is 9.48. The zero-order valence-electron chi connectivity index (χ0n) is 12.3. The number of benzene rings is 1. The summed E-state index contributed by atoms with van der Waals surface area (Å²) in [5.74, 6) is 0.767. The Morgan fingerprint density at radius 2 is 1.84 bits per heavy atom. The molecule has 19 heavy (non-hydrogen) atoms. The second kappa shape index (κ2) is 7.06. The van der Waals surface area contributed by atoms with Gasteiger partial charge in [-0.25, -0.2) is 0 Å². The maximum atomic E-state index is 9.48. The second-order valence-corrected chi connectivity index (χ2v) is 6.05. The molecule has 0 atom stereocenters. The van der Waals surface area contributed by atoms with Gasteiger partial charge in [0.05, 0.1) is 6.10 Å². The van der Waals surface area contributed by atoms with Crippen molar-refractivity contribution in [1.29, 1.82) is 0 Å². The minimum atomic E-state index is -0.0354. The van der Waals surface area contributed by atoms with Gasteiger partial charge in [-0.1, -0.05) is 18.2 Å². The molecule has 2 rings (SSSR count). The summed E-state index contributed by atoms with van der Waals surface area (Å²) in [4.78, 5) is 0. The molecule has 1 aliphatic rings. The molecule has 0 unspecified atom stereocenters. The average Bonchev–Trinajstić information content (AvgIpc) is 2.41. The van der Waals surface area contributed by atoms with Crippen LogP contribution in [0.3, 0.4) is 0 Å². The van der Waals surface area contributed by atoms with E-state index in [4.69, 9.17) is 0 Å². The summed E-state index contributed by atoms with van der Waals surface area (Å²) >= 11 is 0. The van der Waals surface area contributed by atoms with Crippen LogP contribution < -0.4 is 5.32 Å². The van der Waals surface area contributed by atoms with Crippen molar-refractivity contribution >= 4 is 0 Å². The predicted octanol–water partition coefficient (Wildman–Crippen LogP) is 2.99. The van der Waals surface area contributed by atoms with Crippen molar-refractivity contribution in [2.24, 2.45) is 5.92 Å². The lowest BCUT2D eigenvalue weighted by Crippen LogP contribution is -2.29. The normalized spacial score (nSPS) is 23.5.